The first-order valence-corrected chi connectivity index (χ1v) is 10.5. The molecule has 0 spiro atoms. The number of hydrogen-bond donors (Lipinski definition) is 1. The molecule has 0 atom stereocenters. The van der Waals surface area contributed by atoms with Gasteiger partial charge in [0.05, 0.1) is 17.6 Å². The Bertz CT molecular complexity index is 965. The Morgan fingerprint density at radius 3 is 2.70 bits per heavy atom. The Hall–Kier alpha value is -2.86. The molecule has 3 rings (SSSR count). The molecule has 0 unspecified atom stereocenters. The minimum atomic E-state index is -0.114. The van der Waals surface area contributed by atoms with E-state index < -0.39 is 0 Å². The second-order valence-corrected chi connectivity index (χ2v) is 7.60. The van der Waals surface area contributed by atoms with Crippen molar-refractivity contribution in [3.05, 3.63) is 59.9 Å². The largest absolute Gasteiger partial charge is 0.493 e. The number of methoxy groups -OCH3 is 1. The molecule has 0 saturated heterocycles. The van der Waals surface area contributed by atoms with E-state index in [-0.39, 0.29) is 12.5 Å². The van der Waals surface area contributed by atoms with Crippen LogP contribution in [-0.2, 0) is 22.5 Å². The van der Waals surface area contributed by atoms with E-state index in [4.69, 9.17) is 14.5 Å². The van der Waals surface area contributed by atoms with E-state index in [9.17, 15) is 4.79 Å². The van der Waals surface area contributed by atoms with Crippen LogP contribution in [0.5, 0.6) is 5.75 Å². The average molecular weight is 410 g/mol. The van der Waals surface area contributed by atoms with Crippen LogP contribution in [0, 0.1) is 0 Å². The monoisotopic (exact) mass is 409 g/mol. The summed E-state index contributed by atoms with van der Waals surface area (Å²) in [6, 6.07) is 16.4. The van der Waals surface area contributed by atoms with Gasteiger partial charge in [-0.05, 0) is 36.1 Å². The fourth-order valence-electron chi connectivity index (χ4n) is 3.56. The molecule has 160 valence electrons. The summed E-state index contributed by atoms with van der Waals surface area (Å²) >= 11 is 0. The van der Waals surface area contributed by atoms with Crippen molar-refractivity contribution < 1.29 is 14.3 Å². The fourth-order valence-corrected chi connectivity index (χ4v) is 3.56. The third kappa shape index (κ3) is 5.60. The van der Waals surface area contributed by atoms with Crippen LogP contribution in [0.2, 0.25) is 0 Å². The van der Waals surface area contributed by atoms with Crippen molar-refractivity contribution in [2.24, 2.45) is 0 Å². The van der Waals surface area contributed by atoms with Crippen LogP contribution >= 0.6 is 0 Å². The van der Waals surface area contributed by atoms with Crippen LogP contribution < -0.4 is 10.1 Å². The summed E-state index contributed by atoms with van der Waals surface area (Å²) in [5.74, 6) is 2.25. The summed E-state index contributed by atoms with van der Waals surface area (Å²) in [5, 5.41) is 2.87. The van der Waals surface area contributed by atoms with E-state index in [1.54, 1.807) is 0 Å². The first kappa shape index (κ1) is 21.8. The molecule has 3 aromatic rings. The molecule has 2 aromatic carbocycles. The summed E-state index contributed by atoms with van der Waals surface area (Å²) in [6.07, 6.45) is 1.54. The van der Waals surface area contributed by atoms with Gasteiger partial charge >= 0.3 is 0 Å². The average Bonchev–Trinajstić information content (AvgIpc) is 3.09. The van der Waals surface area contributed by atoms with Gasteiger partial charge in [-0.15, -0.1) is 0 Å². The van der Waals surface area contributed by atoms with Crippen molar-refractivity contribution in [3.63, 3.8) is 0 Å². The SMILES string of the molecule is COCC(=O)NCCc1nc2ccccc2n1CCCOc1ccccc1C(C)C. The van der Waals surface area contributed by atoms with Crippen LogP contribution in [0.3, 0.4) is 0 Å². The number of benzene rings is 2. The lowest BCUT2D eigenvalue weighted by molar-refractivity contribution is -0.124. The Balaban J connectivity index is 1.62. The van der Waals surface area contributed by atoms with Crippen molar-refractivity contribution in [3.8, 4) is 5.75 Å². The Morgan fingerprint density at radius 2 is 1.90 bits per heavy atom. The first-order chi connectivity index (χ1) is 14.6. The highest BCUT2D eigenvalue weighted by Crippen LogP contribution is 2.26. The number of amides is 1. The van der Waals surface area contributed by atoms with E-state index in [0.717, 1.165) is 35.6 Å². The van der Waals surface area contributed by atoms with Crippen LogP contribution in [0.25, 0.3) is 11.0 Å². The Morgan fingerprint density at radius 1 is 1.13 bits per heavy atom. The van der Waals surface area contributed by atoms with Gasteiger partial charge in [0.15, 0.2) is 0 Å². The molecule has 1 amide bonds. The quantitative estimate of drug-likeness (QED) is 0.487. The number of ether oxygens (including phenoxy) is 2. The summed E-state index contributed by atoms with van der Waals surface area (Å²) in [6.45, 7) is 6.41. The smallest absolute Gasteiger partial charge is 0.245 e. The number of carbonyl (C=O) groups is 1. The van der Waals surface area contributed by atoms with Gasteiger partial charge in [-0.2, -0.15) is 0 Å². The van der Waals surface area contributed by atoms with Crippen molar-refractivity contribution in [1.82, 2.24) is 14.9 Å². The van der Waals surface area contributed by atoms with Crippen LogP contribution in [0.4, 0.5) is 0 Å². The van der Waals surface area contributed by atoms with Gasteiger partial charge in [0.1, 0.15) is 18.2 Å². The zero-order valence-electron chi connectivity index (χ0n) is 18.1. The lowest BCUT2D eigenvalue weighted by atomic mass is 10.0. The van der Waals surface area contributed by atoms with E-state index >= 15 is 0 Å². The number of nitrogens with one attached hydrogen (secondary N) is 1. The van der Waals surface area contributed by atoms with Gasteiger partial charge in [0.25, 0.3) is 0 Å². The molecule has 1 aromatic heterocycles. The van der Waals surface area contributed by atoms with Gasteiger partial charge in [-0.3, -0.25) is 4.79 Å². The molecule has 1 heterocycles. The normalized spacial score (nSPS) is 11.2. The molecule has 0 aliphatic carbocycles. The standard InChI is InChI=1S/C24H31N3O3/c1-18(2)19-9-4-7-12-22(19)30-16-8-15-27-21-11-6-5-10-20(21)26-23(27)13-14-25-24(28)17-29-3/h4-7,9-12,18H,8,13-17H2,1-3H3,(H,25,28). The van der Waals surface area contributed by atoms with Crippen molar-refractivity contribution in [1.29, 1.82) is 0 Å². The highest BCUT2D eigenvalue weighted by atomic mass is 16.5. The van der Waals surface area contributed by atoms with Gasteiger partial charge in [0.2, 0.25) is 5.91 Å². The molecule has 0 radical (unpaired) electrons. The first-order valence-electron chi connectivity index (χ1n) is 10.5. The summed E-state index contributed by atoms with van der Waals surface area (Å²) in [4.78, 5) is 16.4. The minimum absolute atomic E-state index is 0.0750. The number of nitrogens with zero attached hydrogens (tertiary/aromatic N) is 2. The molecule has 0 saturated carbocycles. The number of para-hydroxylation sites is 3. The number of hydrogen-bond acceptors (Lipinski definition) is 4. The molecule has 0 aliphatic heterocycles. The van der Waals surface area contributed by atoms with E-state index in [0.29, 0.717) is 25.5 Å². The predicted molar refractivity (Wildman–Crippen MR) is 119 cm³/mol. The van der Waals surface area contributed by atoms with Gasteiger partial charge < -0.3 is 19.4 Å². The third-order valence-corrected chi connectivity index (χ3v) is 5.00. The third-order valence-electron chi connectivity index (χ3n) is 5.00. The van der Waals surface area contributed by atoms with Gasteiger partial charge in [-0.25, -0.2) is 4.98 Å². The van der Waals surface area contributed by atoms with Crippen LogP contribution in [-0.4, -0.2) is 42.3 Å². The molecule has 0 fully saturated rings. The highest BCUT2D eigenvalue weighted by Gasteiger charge is 2.11. The van der Waals surface area contributed by atoms with Crippen molar-refractivity contribution in [2.45, 2.75) is 39.2 Å². The van der Waals surface area contributed by atoms with Gasteiger partial charge in [-0.1, -0.05) is 44.2 Å². The second kappa shape index (κ2) is 10.8. The number of rotatable bonds is 11. The molecule has 30 heavy (non-hydrogen) atoms. The number of aryl methyl sites for hydroxylation is 1. The maximum absolute atomic E-state index is 11.6. The predicted octanol–water partition coefficient (Wildman–Crippen LogP) is 3.93. The van der Waals surface area contributed by atoms with E-state index in [2.05, 4.69) is 41.9 Å². The van der Waals surface area contributed by atoms with Gasteiger partial charge in [0, 0.05) is 26.6 Å². The number of carbonyl (C=O) groups excluding carboxylic acids is 1. The lowest BCUT2D eigenvalue weighted by Gasteiger charge is -2.14. The second-order valence-electron chi connectivity index (χ2n) is 7.60. The molecule has 0 bridgehead atoms. The number of imidazole rings is 1. The summed E-state index contributed by atoms with van der Waals surface area (Å²) in [7, 11) is 1.51. The van der Waals surface area contributed by atoms with E-state index in [1.165, 1.54) is 12.7 Å². The summed E-state index contributed by atoms with van der Waals surface area (Å²) < 4.78 is 13.2. The van der Waals surface area contributed by atoms with Crippen LogP contribution in [0.1, 0.15) is 37.6 Å². The molecule has 0 aliphatic rings. The zero-order valence-corrected chi connectivity index (χ0v) is 18.1. The molecule has 6 nitrogen and oxygen atoms in total. The topological polar surface area (TPSA) is 65.4 Å². The van der Waals surface area contributed by atoms with Crippen molar-refractivity contribution in [2.75, 3.05) is 26.9 Å². The Labute approximate surface area is 178 Å². The molecular weight excluding hydrogens is 378 g/mol. The van der Waals surface area contributed by atoms with Crippen molar-refractivity contribution >= 4 is 16.9 Å². The molecule has 6 heteroatoms. The lowest BCUT2D eigenvalue weighted by Crippen LogP contribution is -2.29. The maximum atomic E-state index is 11.6. The maximum Gasteiger partial charge on any atom is 0.245 e. The number of fused-ring (bicyclic) bond motifs is 1. The highest BCUT2D eigenvalue weighted by molar-refractivity contribution is 5.77. The summed E-state index contributed by atoms with van der Waals surface area (Å²) in [5.41, 5.74) is 3.32. The minimum Gasteiger partial charge on any atom is -0.493 e. The molecular formula is C24H31N3O3. The molecule has 1 N–H and O–H groups in total. The van der Waals surface area contributed by atoms with E-state index in [1.807, 2.05) is 30.3 Å². The van der Waals surface area contributed by atoms with Crippen LogP contribution in [0.15, 0.2) is 48.5 Å². The number of aromatic nitrogens is 2. The Kier molecular flexibility index (Phi) is 7.85. The fraction of sp³-hybridized carbons (Fsp3) is 0.417. The zero-order chi connectivity index (χ0) is 21.3.